The van der Waals surface area contributed by atoms with E-state index in [0.29, 0.717) is 28.1 Å². The zero-order chi connectivity index (χ0) is 18.8. The average molecular weight is 383 g/mol. The zero-order valence-electron chi connectivity index (χ0n) is 14.7. The lowest BCUT2D eigenvalue weighted by Crippen LogP contribution is -2.19. The molecule has 2 aliphatic rings. The zero-order valence-corrected chi connectivity index (χ0v) is 15.4. The van der Waals surface area contributed by atoms with Gasteiger partial charge < -0.3 is 9.84 Å². The molecular weight excluding hydrogens is 364 g/mol. The van der Waals surface area contributed by atoms with Crippen LogP contribution in [0.4, 0.5) is 5.69 Å². The van der Waals surface area contributed by atoms with Gasteiger partial charge in [-0.2, -0.15) is 0 Å². The first-order valence-corrected chi connectivity index (χ1v) is 9.46. The van der Waals surface area contributed by atoms with E-state index in [2.05, 4.69) is 4.99 Å². The summed E-state index contributed by atoms with van der Waals surface area (Å²) in [5, 5.41) is 9.85. The molecule has 1 aliphatic heterocycles. The first-order valence-electron chi connectivity index (χ1n) is 9.09. The third kappa shape index (κ3) is 3.74. The summed E-state index contributed by atoms with van der Waals surface area (Å²) >= 11 is 5.96. The lowest BCUT2D eigenvalue weighted by Gasteiger charge is -2.17. The summed E-state index contributed by atoms with van der Waals surface area (Å²) in [6.45, 7) is 0. The fraction of sp³-hybridized carbons (Fsp3) is 0.286. The Morgan fingerprint density at radius 1 is 1.11 bits per heavy atom. The molecule has 2 aromatic carbocycles. The fourth-order valence-corrected chi connectivity index (χ4v) is 3.66. The highest BCUT2D eigenvalue weighted by Gasteiger charge is 2.28. The molecule has 4 rings (SSSR count). The summed E-state index contributed by atoms with van der Waals surface area (Å²) in [6, 6.07) is 12.4. The topological polar surface area (TPSA) is 71.2 Å². The first-order chi connectivity index (χ1) is 13.1. The number of aliphatic imine (C=N–C) groups is 2. The van der Waals surface area contributed by atoms with Crippen LogP contribution in [0.25, 0.3) is 0 Å². The Balaban J connectivity index is 1.80. The van der Waals surface area contributed by atoms with Crippen LogP contribution in [-0.4, -0.2) is 28.7 Å². The molecule has 0 bridgehead atoms. The van der Waals surface area contributed by atoms with Crippen LogP contribution in [0.2, 0.25) is 5.02 Å². The van der Waals surface area contributed by atoms with Crippen LogP contribution in [0.15, 0.2) is 52.4 Å². The van der Waals surface area contributed by atoms with E-state index in [1.165, 1.54) is 25.3 Å². The number of aromatic carboxylic acids is 1. The Kier molecular flexibility index (Phi) is 4.94. The quantitative estimate of drug-likeness (QED) is 0.784. The number of carboxylic acids is 1. The normalized spacial score (nSPS) is 19.9. The van der Waals surface area contributed by atoms with Crippen LogP contribution in [0, 0.1) is 0 Å². The molecule has 0 amide bonds. The van der Waals surface area contributed by atoms with Crippen molar-refractivity contribution in [3.8, 4) is 5.75 Å². The summed E-state index contributed by atoms with van der Waals surface area (Å²) in [6.07, 6.45) is 5.66. The van der Waals surface area contributed by atoms with E-state index < -0.39 is 5.97 Å². The summed E-state index contributed by atoms with van der Waals surface area (Å²) in [4.78, 5) is 21.0. The summed E-state index contributed by atoms with van der Waals surface area (Å²) < 4.78 is 5.96. The molecule has 1 heterocycles. The van der Waals surface area contributed by atoms with E-state index in [1.807, 2.05) is 24.3 Å². The molecule has 0 aromatic heterocycles. The highest BCUT2D eigenvalue weighted by atomic mass is 35.5. The second-order valence-electron chi connectivity index (χ2n) is 6.75. The van der Waals surface area contributed by atoms with Gasteiger partial charge in [-0.1, -0.05) is 43.0 Å². The fourth-order valence-electron chi connectivity index (χ4n) is 3.49. The molecule has 1 N–H and O–H groups in total. The summed E-state index contributed by atoms with van der Waals surface area (Å²) in [7, 11) is 0. The molecule has 1 fully saturated rings. The van der Waals surface area contributed by atoms with Gasteiger partial charge >= 0.3 is 5.97 Å². The van der Waals surface area contributed by atoms with Gasteiger partial charge in [0.2, 0.25) is 5.90 Å². The first kappa shape index (κ1) is 17.7. The second kappa shape index (κ2) is 7.53. The van der Waals surface area contributed by atoms with E-state index in [0.717, 1.165) is 18.4 Å². The predicted molar refractivity (Wildman–Crippen MR) is 106 cm³/mol. The van der Waals surface area contributed by atoms with Crippen LogP contribution in [0.1, 0.15) is 48.0 Å². The van der Waals surface area contributed by atoms with Gasteiger partial charge in [-0.15, -0.1) is 0 Å². The number of halogens is 1. The SMILES string of the molecule is O=C(O)c1cc(Cl)ccc1N=C1C(=NC2CCCCC2)Oc2ccccc21. The minimum absolute atomic E-state index is 0.0522. The van der Waals surface area contributed by atoms with Gasteiger partial charge in [0.25, 0.3) is 0 Å². The highest BCUT2D eigenvalue weighted by Crippen LogP contribution is 2.32. The largest absolute Gasteiger partial charge is 0.478 e. The Labute approximate surface area is 162 Å². The maximum absolute atomic E-state index is 11.6. The van der Waals surface area contributed by atoms with Crippen molar-refractivity contribution >= 4 is 34.9 Å². The van der Waals surface area contributed by atoms with Crippen molar-refractivity contribution in [2.75, 3.05) is 0 Å². The molecule has 27 heavy (non-hydrogen) atoms. The third-order valence-electron chi connectivity index (χ3n) is 4.85. The van der Waals surface area contributed by atoms with Gasteiger partial charge in [0.1, 0.15) is 11.5 Å². The van der Waals surface area contributed by atoms with Gasteiger partial charge in [0.05, 0.1) is 17.3 Å². The molecule has 0 unspecified atom stereocenters. The maximum Gasteiger partial charge on any atom is 0.337 e. The number of hydrogen-bond donors (Lipinski definition) is 1. The molecule has 0 saturated heterocycles. The smallest absolute Gasteiger partial charge is 0.337 e. The number of benzene rings is 2. The van der Waals surface area contributed by atoms with Gasteiger partial charge in [-0.25, -0.2) is 14.8 Å². The predicted octanol–water partition coefficient (Wildman–Crippen LogP) is 5.28. The molecule has 138 valence electrons. The van der Waals surface area contributed by atoms with Gasteiger partial charge in [-0.3, -0.25) is 0 Å². The monoisotopic (exact) mass is 382 g/mol. The second-order valence-corrected chi connectivity index (χ2v) is 7.19. The minimum atomic E-state index is -1.07. The highest BCUT2D eigenvalue weighted by molar-refractivity contribution is 6.49. The molecular formula is C21H19ClN2O3. The van der Waals surface area contributed by atoms with Crippen molar-refractivity contribution in [1.82, 2.24) is 0 Å². The molecule has 0 spiro atoms. The van der Waals surface area contributed by atoms with Crippen molar-refractivity contribution in [2.24, 2.45) is 9.98 Å². The van der Waals surface area contributed by atoms with Crippen LogP contribution < -0.4 is 4.74 Å². The van der Waals surface area contributed by atoms with Gasteiger partial charge in [0.15, 0.2) is 0 Å². The van der Waals surface area contributed by atoms with Crippen molar-refractivity contribution in [3.63, 3.8) is 0 Å². The number of ether oxygens (including phenoxy) is 1. The average Bonchev–Trinajstić information content (AvgIpc) is 3.01. The molecule has 5 nitrogen and oxygen atoms in total. The Morgan fingerprint density at radius 2 is 1.89 bits per heavy atom. The number of carboxylic acid groups (broad SMARTS) is 1. The number of hydrogen-bond acceptors (Lipinski definition) is 4. The summed E-state index contributed by atoms with van der Waals surface area (Å²) in [5.41, 5.74) is 1.77. The number of para-hydroxylation sites is 1. The van der Waals surface area contributed by atoms with Crippen molar-refractivity contribution < 1.29 is 14.6 Å². The van der Waals surface area contributed by atoms with Crippen LogP contribution >= 0.6 is 11.6 Å². The Hall–Kier alpha value is -2.66. The summed E-state index contributed by atoms with van der Waals surface area (Å²) in [5.74, 6) is 0.0841. The van der Waals surface area contributed by atoms with E-state index in [-0.39, 0.29) is 11.6 Å². The molecule has 0 radical (unpaired) electrons. The molecule has 2 aromatic rings. The van der Waals surface area contributed by atoms with Crippen molar-refractivity contribution in [1.29, 1.82) is 0 Å². The maximum atomic E-state index is 11.6. The Bertz CT molecular complexity index is 946. The molecule has 6 heteroatoms. The molecule has 0 atom stereocenters. The van der Waals surface area contributed by atoms with Gasteiger partial charge in [-0.05, 0) is 43.2 Å². The Morgan fingerprint density at radius 3 is 2.67 bits per heavy atom. The van der Waals surface area contributed by atoms with Gasteiger partial charge in [0, 0.05) is 10.6 Å². The standard InChI is InChI=1S/C21H19ClN2O3/c22-13-10-11-17(16(12-13)21(25)26)24-19-15-8-4-5-9-18(15)27-20(19)23-14-6-2-1-3-7-14/h4-5,8-12,14H,1-3,6-7H2,(H,25,26). The number of carbonyl (C=O) groups is 1. The van der Waals surface area contributed by atoms with Crippen molar-refractivity contribution in [3.05, 3.63) is 58.6 Å². The molecule has 1 aliphatic carbocycles. The number of rotatable bonds is 3. The van der Waals surface area contributed by atoms with Crippen LogP contribution in [0.3, 0.4) is 0 Å². The lowest BCUT2D eigenvalue weighted by atomic mass is 9.96. The van der Waals surface area contributed by atoms with E-state index >= 15 is 0 Å². The lowest BCUT2D eigenvalue weighted by molar-refractivity contribution is 0.0698. The van der Waals surface area contributed by atoms with E-state index in [4.69, 9.17) is 21.3 Å². The number of fused-ring (bicyclic) bond motifs is 1. The van der Waals surface area contributed by atoms with E-state index in [1.54, 1.807) is 12.1 Å². The van der Waals surface area contributed by atoms with Crippen molar-refractivity contribution in [2.45, 2.75) is 38.1 Å². The number of nitrogens with zero attached hydrogens (tertiary/aromatic N) is 2. The third-order valence-corrected chi connectivity index (χ3v) is 5.08. The van der Waals surface area contributed by atoms with E-state index in [9.17, 15) is 9.90 Å². The van der Waals surface area contributed by atoms with Crippen LogP contribution in [0.5, 0.6) is 5.75 Å². The minimum Gasteiger partial charge on any atom is -0.478 e. The van der Waals surface area contributed by atoms with Crippen LogP contribution in [-0.2, 0) is 0 Å². The molecule has 1 saturated carbocycles.